The molecule has 0 bridgehead atoms. The fraction of sp³-hybridized carbons (Fsp3) is 0.406. The van der Waals surface area contributed by atoms with Gasteiger partial charge < -0.3 is 10.2 Å². The van der Waals surface area contributed by atoms with Crippen LogP contribution in [0.25, 0.3) is 0 Å². The van der Waals surface area contributed by atoms with Crippen molar-refractivity contribution < 1.29 is 56.1 Å². The highest BCUT2D eigenvalue weighted by Gasteiger charge is 2.77. The molecule has 2 N–H and O–H groups in total. The Bertz CT molecular complexity index is 1810. The molecule has 2 aromatic rings. The number of phenols is 1. The molecule has 2 aliphatic heterocycles. The summed E-state index contributed by atoms with van der Waals surface area (Å²) in [4.78, 5) is 61.8. The molecular formula is C32H25Cl2F5N2O7. The Morgan fingerprint density at radius 3 is 2.10 bits per heavy atom. The molecule has 1 saturated carbocycles. The zero-order chi connectivity index (χ0) is 35.0. The lowest BCUT2D eigenvalue weighted by atomic mass is 9.56. The number of amides is 4. The third kappa shape index (κ3) is 4.58. The maximum Gasteiger partial charge on any atom is 0.303 e. The molecule has 6 atom stereocenters. The van der Waals surface area contributed by atoms with Gasteiger partial charge in [0.05, 0.1) is 11.8 Å². The summed E-state index contributed by atoms with van der Waals surface area (Å²) in [6, 6.07) is 5.43. The predicted molar refractivity (Wildman–Crippen MR) is 157 cm³/mol. The molecule has 3 fully saturated rings. The first kappa shape index (κ1) is 33.8. The Labute approximate surface area is 278 Å². The quantitative estimate of drug-likeness (QED) is 0.0722. The fourth-order valence-electron chi connectivity index (χ4n) is 7.65. The Morgan fingerprint density at radius 2 is 1.48 bits per heavy atom. The molecule has 0 aromatic heterocycles. The number of anilines is 1. The van der Waals surface area contributed by atoms with Gasteiger partial charge in [0.15, 0.2) is 33.0 Å². The number of aromatic hydroxyl groups is 1. The van der Waals surface area contributed by atoms with E-state index in [1.165, 1.54) is 30.3 Å². The summed E-state index contributed by atoms with van der Waals surface area (Å²) in [5.74, 6) is -23.0. The van der Waals surface area contributed by atoms with Crippen molar-refractivity contribution in [2.24, 2.45) is 17.8 Å². The number of carbonyl (C=O) groups is 5. The number of hydrogen-bond donors (Lipinski definition) is 2. The summed E-state index contributed by atoms with van der Waals surface area (Å²) in [5, 5.41) is 19.8. The monoisotopic (exact) mass is 714 g/mol. The molecule has 4 aliphatic rings. The predicted octanol–water partition coefficient (Wildman–Crippen LogP) is 5.30. The number of imide groups is 2. The van der Waals surface area contributed by atoms with Crippen LogP contribution in [0.5, 0.6) is 5.75 Å². The first-order valence-corrected chi connectivity index (χ1v) is 15.7. The number of aliphatic carboxylic acids is 1. The molecule has 2 heterocycles. The van der Waals surface area contributed by atoms with Gasteiger partial charge in [-0.05, 0) is 37.7 Å². The molecular weight excluding hydrogens is 690 g/mol. The molecule has 16 heteroatoms. The van der Waals surface area contributed by atoms with Crippen molar-refractivity contribution >= 4 is 58.5 Å². The smallest absolute Gasteiger partial charge is 0.303 e. The third-order valence-electron chi connectivity index (χ3n) is 9.83. The van der Waals surface area contributed by atoms with Crippen molar-refractivity contribution in [3.63, 3.8) is 0 Å². The Balaban J connectivity index is 1.46. The SMILES string of the molecule is O=C(O)CCCCCN1C(=O)C2CC=C3C(CC4(Cl)C(=O)N(c5c(F)c(F)c(F)c(F)c5F)C(=O)C4(Cl)C3c3ccccc3O)C2C1=O. The molecule has 4 amide bonds. The number of halogens is 7. The van der Waals surface area contributed by atoms with Gasteiger partial charge in [-0.3, -0.25) is 28.9 Å². The van der Waals surface area contributed by atoms with Crippen LogP contribution in [0, 0.1) is 46.8 Å². The number of hydrogen-bond acceptors (Lipinski definition) is 6. The highest BCUT2D eigenvalue weighted by molar-refractivity contribution is 6.58. The highest BCUT2D eigenvalue weighted by Crippen LogP contribution is 2.66. The van der Waals surface area contributed by atoms with E-state index >= 15 is 8.78 Å². The number of rotatable bonds is 8. The topological polar surface area (TPSA) is 132 Å². The van der Waals surface area contributed by atoms with E-state index in [2.05, 4.69) is 0 Å². The lowest BCUT2D eigenvalue weighted by Crippen LogP contribution is -2.60. The van der Waals surface area contributed by atoms with Gasteiger partial charge in [-0.15, -0.1) is 23.2 Å². The zero-order valence-electron chi connectivity index (χ0n) is 24.6. The van der Waals surface area contributed by atoms with E-state index in [-0.39, 0.29) is 35.4 Å². The second-order valence-corrected chi connectivity index (χ2v) is 13.5. The number of alkyl halides is 2. The summed E-state index contributed by atoms with van der Waals surface area (Å²) in [5.41, 5.74) is -1.75. The lowest BCUT2D eigenvalue weighted by molar-refractivity contribution is -0.141. The van der Waals surface area contributed by atoms with Crippen molar-refractivity contribution in [1.29, 1.82) is 0 Å². The van der Waals surface area contributed by atoms with Gasteiger partial charge in [0, 0.05) is 24.4 Å². The zero-order valence-corrected chi connectivity index (χ0v) is 26.1. The number of para-hydroxylation sites is 1. The first-order chi connectivity index (χ1) is 22.6. The summed E-state index contributed by atoms with van der Waals surface area (Å²) in [6.45, 7) is -0.0217. The van der Waals surface area contributed by atoms with E-state index < -0.39 is 110 Å². The van der Waals surface area contributed by atoms with Crippen molar-refractivity contribution in [2.45, 2.75) is 54.2 Å². The molecule has 2 saturated heterocycles. The summed E-state index contributed by atoms with van der Waals surface area (Å²) in [7, 11) is 0. The molecule has 254 valence electrons. The fourth-order valence-corrected chi connectivity index (χ4v) is 8.58. The number of nitrogens with zero attached hydrogens (tertiary/aromatic N) is 2. The van der Waals surface area contributed by atoms with Crippen molar-refractivity contribution in [2.75, 3.05) is 11.4 Å². The number of carbonyl (C=O) groups excluding carboxylic acids is 4. The molecule has 48 heavy (non-hydrogen) atoms. The molecule has 0 spiro atoms. The minimum absolute atomic E-state index is 0.0217. The summed E-state index contributed by atoms with van der Waals surface area (Å²) in [6.07, 6.45) is 1.78. The van der Waals surface area contributed by atoms with Gasteiger partial charge in [0.1, 0.15) is 11.4 Å². The van der Waals surface area contributed by atoms with E-state index in [0.29, 0.717) is 19.3 Å². The average Bonchev–Trinajstić information content (AvgIpc) is 3.37. The highest BCUT2D eigenvalue weighted by atomic mass is 35.5. The molecule has 6 rings (SSSR count). The van der Waals surface area contributed by atoms with Crippen LogP contribution in [0.3, 0.4) is 0 Å². The van der Waals surface area contributed by atoms with E-state index in [9.17, 15) is 42.3 Å². The van der Waals surface area contributed by atoms with Gasteiger partial charge in [0.2, 0.25) is 17.6 Å². The van der Waals surface area contributed by atoms with Gasteiger partial charge in [-0.25, -0.2) is 26.9 Å². The van der Waals surface area contributed by atoms with Crippen molar-refractivity contribution in [3.8, 4) is 5.75 Å². The van der Waals surface area contributed by atoms with E-state index in [0.717, 1.165) is 4.90 Å². The number of carboxylic acid groups (broad SMARTS) is 1. The van der Waals surface area contributed by atoms with Crippen LogP contribution in [0.4, 0.5) is 27.6 Å². The maximum absolute atomic E-state index is 15.1. The van der Waals surface area contributed by atoms with Gasteiger partial charge >= 0.3 is 5.97 Å². The number of unbranched alkanes of at least 4 members (excludes halogenated alkanes) is 2. The van der Waals surface area contributed by atoms with Crippen LogP contribution in [0.15, 0.2) is 35.9 Å². The largest absolute Gasteiger partial charge is 0.508 e. The van der Waals surface area contributed by atoms with Gasteiger partial charge in [-0.1, -0.05) is 36.3 Å². The first-order valence-electron chi connectivity index (χ1n) is 14.9. The molecule has 0 radical (unpaired) electrons. The number of phenolic OH excluding ortho intramolecular Hbond substituents is 1. The van der Waals surface area contributed by atoms with Gasteiger partial charge in [-0.2, -0.15) is 0 Å². The molecule has 9 nitrogen and oxygen atoms in total. The number of likely N-dealkylation sites (tertiary alicyclic amines) is 1. The molecule has 6 unspecified atom stereocenters. The summed E-state index contributed by atoms with van der Waals surface area (Å²) < 4.78 is 72.8. The normalized spacial score (nSPS) is 29.6. The van der Waals surface area contributed by atoms with Crippen LogP contribution in [0.1, 0.15) is 50.0 Å². The summed E-state index contributed by atoms with van der Waals surface area (Å²) >= 11 is 14.0. The molecule has 2 aliphatic carbocycles. The molecule has 2 aromatic carbocycles. The number of carboxylic acids is 1. The average molecular weight is 715 g/mol. The van der Waals surface area contributed by atoms with E-state index in [1.807, 2.05) is 0 Å². The van der Waals surface area contributed by atoms with Crippen LogP contribution in [0.2, 0.25) is 0 Å². The minimum Gasteiger partial charge on any atom is -0.508 e. The lowest BCUT2D eigenvalue weighted by Gasteiger charge is -2.50. The van der Waals surface area contributed by atoms with E-state index in [1.54, 1.807) is 0 Å². The second-order valence-electron chi connectivity index (χ2n) is 12.3. The Morgan fingerprint density at radius 1 is 0.854 bits per heavy atom. The minimum atomic E-state index is -2.73. The van der Waals surface area contributed by atoms with Crippen LogP contribution in [-0.2, 0) is 24.0 Å². The standard InChI is InChI=1S/C32H25Cl2F5N2O7/c33-31-12-16-13(9-10-15-19(16)28(46)40(27(15)45)11-5-1-2-8-18(43)44)20(14-6-3-4-7-17(14)42)32(31,34)30(48)41(29(31)47)26-24(38)22(36)21(35)23(37)25(26)39/h3-4,6-7,9,15-16,19-20,42H,1-2,5,8,10-12H2,(H,43,44). The van der Waals surface area contributed by atoms with Gasteiger partial charge in [0.25, 0.3) is 11.8 Å². The van der Waals surface area contributed by atoms with Crippen LogP contribution in [-0.4, -0.2) is 61.0 Å². The second kappa shape index (κ2) is 11.8. The van der Waals surface area contributed by atoms with Crippen LogP contribution >= 0.6 is 23.2 Å². The number of allylic oxidation sites excluding steroid dienone is 2. The number of benzene rings is 2. The maximum atomic E-state index is 15.1. The number of fused-ring (bicyclic) bond motifs is 4. The third-order valence-corrected chi connectivity index (χ3v) is 11.2. The van der Waals surface area contributed by atoms with Crippen molar-refractivity contribution in [1.82, 2.24) is 4.90 Å². The van der Waals surface area contributed by atoms with Crippen molar-refractivity contribution in [3.05, 3.63) is 70.6 Å². The Hall–Kier alpha value is -4.04. The Kier molecular flexibility index (Phi) is 8.34. The van der Waals surface area contributed by atoms with Crippen LogP contribution < -0.4 is 4.90 Å². The van der Waals surface area contributed by atoms with E-state index in [4.69, 9.17) is 28.3 Å².